The van der Waals surface area contributed by atoms with Gasteiger partial charge in [-0.2, -0.15) is 9.61 Å². The molecule has 3 aromatic rings. The molecule has 0 fully saturated rings. The van der Waals surface area contributed by atoms with E-state index < -0.39 is 0 Å². The van der Waals surface area contributed by atoms with E-state index in [1.54, 1.807) is 6.20 Å². The van der Waals surface area contributed by atoms with Gasteiger partial charge >= 0.3 is 0 Å². The highest BCUT2D eigenvalue weighted by molar-refractivity contribution is 7.20. The first kappa shape index (κ1) is 11.8. The van der Waals surface area contributed by atoms with E-state index in [-0.39, 0.29) is 5.56 Å². The third-order valence-corrected chi connectivity index (χ3v) is 3.39. The maximum absolute atomic E-state index is 11.6. The molecule has 1 N–H and O–H groups in total. The number of hydrogen-bond acceptors (Lipinski definition) is 6. The van der Waals surface area contributed by atoms with Crippen molar-refractivity contribution in [1.29, 1.82) is 0 Å². The third kappa shape index (κ3) is 2.22. The summed E-state index contributed by atoms with van der Waals surface area (Å²) in [5.41, 5.74) is 0.646. The summed E-state index contributed by atoms with van der Waals surface area (Å²) >= 11 is 1.32. The summed E-state index contributed by atoms with van der Waals surface area (Å²) in [5, 5.41) is 12.1. The van der Waals surface area contributed by atoms with Gasteiger partial charge in [-0.15, -0.1) is 5.10 Å². The molecule has 0 saturated carbocycles. The van der Waals surface area contributed by atoms with Gasteiger partial charge in [0.2, 0.25) is 10.1 Å². The van der Waals surface area contributed by atoms with Crippen LogP contribution in [0.15, 0.2) is 29.5 Å². The Kier molecular flexibility index (Phi) is 2.79. The van der Waals surface area contributed by atoms with Gasteiger partial charge in [0.05, 0.1) is 11.9 Å². The molecule has 0 radical (unpaired) electrons. The van der Waals surface area contributed by atoms with Gasteiger partial charge < -0.3 is 5.32 Å². The van der Waals surface area contributed by atoms with Gasteiger partial charge in [0.15, 0.2) is 0 Å². The van der Waals surface area contributed by atoms with Crippen LogP contribution in [0.5, 0.6) is 0 Å². The summed E-state index contributed by atoms with van der Waals surface area (Å²) in [6, 6.07) is 1.68. The van der Waals surface area contributed by atoms with Crippen LogP contribution >= 0.6 is 11.3 Å². The molecule has 0 spiro atoms. The van der Waals surface area contributed by atoms with Crippen LogP contribution in [-0.2, 0) is 0 Å². The zero-order chi connectivity index (χ0) is 13.4. The Hall–Kier alpha value is -2.22. The van der Waals surface area contributed by atoms with Gasteiger partial charge in [0, 0.05) is 24.5 Å². The van der Waals surface area contributed by atoms with E-state index in [4.69, 9.17) is 0 Å². The molecule has 0 amide bonds. The molecule has 0 aliphatic rings. The Labute approximate surface area is 112 Å². The van der Waals surface area contributed by atoms with Gasteiger partial charge in [0.25, 0.3) is 5.56 Å². The van der Waals surface area contributed by atoms with Crippen LogP contribution < -0.4 is 10.9 Å². The predicted octanol–water partition coefficient (Wildman–Crippen LogP) is 1.67. The van der Waals surface area contributed by atoms with E-state index in [0.717, 1.165) is 5.69 Å². The summed E-state index contributed by atoms with van der Waals surface area (Å²) in [7, 11) is 0. The van der Waals surface area contributed by atoms with Gasteiger partial charge in [-0.05, 0) is 13.8 Å². The van der Waals surface area contributed by atoms with Crippen LogP contribution in [0.3, 0.4) is 0 Å². The Bertz CT molecular complexity index is 771. The fraction of sp³-hybridized carbons (Fsp3) is 0.273. The molecular formula is C11H12N6OS. The number of aromatic nitrogens is 5. The lowest BCUT2D eigenvalue weighted by atomic mass is 10.4. The Balaban J connectivity index is 1.92. The van der Waals surface area contributed by atoms with Crippen LogP contribution in [0.2, 0.25) is 0 Å². The minimum atomic E-state index is -0.188. The van der Waals surface area contributed by atoms with Gasteiger partial charge in [-0.3, -0.25) is 9.48 Å². The van der Waals surface area contributed by atoms with E-state index >= 15 is 0 Å². The number of nitrogens with one attached hydrogen (secondary N) is 1. The van der Waals surface area contributed by atoms with Crippen LogP contribution in [-0.4, -0.2) is 24.4 Å². The quantitative estimate of drug-likeness (QED) is 0.787. The lowest BCUT2D eigenvalue weighted by Crippen LogP contribution is -2.12. The Morgan fingerprint density at radius 3 is 2.95 bits per heavy atom. The van der Waals surface area contributed by atoms with E-state index in [0.29, 0.717) is 16.1 Å². The van der Waals surface area contributed by atoms with Crippen molar-refractivity contribution in [2.24, 2.45) is 0 Å². The number of fused-ring (bicyclic) bond motifs is 1. The first-order valence-electron chi connectivity index (χ1n) is 5.79. The van der Waals surface area contributed by atoms with Crippen molar-refractivity contribution in [3.8, 4) is 0 Å². The zero-order valence-corrected chi connectivity index (χ0v) is 11.3. The molecule has 3 heterocycles. The van der Waals surface area contributed by atoms with E-state index in [1.807, 2.05) is 10.9 Å². The monoisotopic (exact) mass is 276 g/mol. The highest BCUT2D eigenvalue weighted by Gasteiger charge is 2.08. The van der Waals surface area contributed by atoms with Gasteiger partial charge in [0.1, 0.15) is 0 Å². The smallest absolute Gasteiger partial charge is 0.275 e. The standard InChI is InChI=1S/C11H12N6OS/c1-7(2)16-6-8(5-13-16)14-10-15-17-9(18)3-4-12-11(17)19-10/h3-7H,1-2H3,(H,14,15). The van der Waals surface area contributed by atoms with Crippen LogP contribution in [0, 0.1) is 0 Å². The molecule has 0 saturated heterocycles. The number of anilines is 2. The second-order valence-corrected chi connectivity index (χ2v) is 5.27. The van der Waals surface area contributed by atoms with Crippen molar-refractivity contribution >= 4 is 27.1 Å². The molecule has 3 aromatic heterocycles. The summed E-state index contributed by atoms with van der Waals surface area (Å²) in [5.74, 6) is 0. The van der Waals surface area contributed by atoms with Crippen LogP contribution in [0.25, 0.3) is 4.96 Å². The van der Waals surface area contributed by atoms with Crippen molar-refractivity contribution in [3.05, 3.63) is 35.0 Å². The first-order valence-corrected chi connectivity index (χ1v) is 6.61. The fourth-order valence-corrected chi connectivity index (χ4v) is 2.40. The average molecular weight is 276 g/mol. The molecule has 0 unspecified atom stereocenters. The number of nitrogens with zero attached hydrogens (tertiary/aromatic N) is 5. The molecule has 0 aliphatic heterocycles. The van der Waals surface area contributed by atoms with Crippen LogP contribution in [0.1, 0.15) is 19.9 Å². The number of hydrogen-bond donors (Lipinski definition) is 1. The second kappa shape index (κ2) is 4.47. The maximum atomic E-state index is 11.6. The largest absolute Gasteiger partial charge is 0.327 e. The molecule has 0 aliphatic carbocycles. The topological polar surface area (TPSA) is 77.1 Å². The summed E-state index contributed by atoms with van der Waals surface area (Å²) in [4.78, 5) is 16.2. The third-order valence-electron chi connectivity index (χ3n) is 2.55. The van der Waals surface area contributed by atoms with Crippen LogP contribution in [0.4, 0.5) is 10.8 Å². The zero-order valence-electron chi connectivity index (χ0n) is 10.4. The Morgan fingerprint density at radius 1 is 1.42 bits per heavy atom. The molecule has 7 nitrogen and oxygen atoms in total. The highest BCUT2D eigenvalue weighted by atomic mass is 32.1. The lowest BCUT2D eigenvalue weighted by molar-refractivity contribution is 0.532. The van der Waals surface area contributed by atoms with Crippen molar-refractivity contribution in [3.63, 3.8) is 0 Å². The average Bonchev–Trinajstić information content (AvgIpc) is 2.96. The van der Waals surface area contributed by atoms with Gasteiger partial charge in [-0.25, -0.2) is 4.98 Å². The Morgan fingerprint density at radius 2 is 2.26 bits per heavy atom. The second-order valence-electron chi connectivity index (χ2n) is 4.31. The van der Waals surface area contributed by atoms with Gasteiger partial charge in [-0.1, -0.05) is 11.3 Å². The molecule has 8 heteroatoms. The van der Waals surface area contributed by atoms with Crippen molar-refractivity contribution < 1.29 is 0 Å². The summed E-state index contributed by atoms with van der Waals surface area (Å²) in [6.07, 6.45) is 5.10. The molecule has 0 atom stereocenters. The number of rotatable bonds is 3. The fourth-order valence-electron chi connectivity index (χ4n) is 1.60. The minimum Gasteiger partial charge on any atom is -0.327 e. The normalized spacial score (nSPS) is 11.3. The summed E-state index contributed by atoms with van der Waals surface area (Å²) in [6.45, 7) is 4.11. The minimum absolute atomic E-state index is 0.188. The predicted molar refractivity (Wildman–Crippen MR) is 73.0 cm³/mol. The first-order chi connectivity index (χ1) is 9.13. The van der Waals surface area contributed by atoms with Crippen molar-refractivity contribution in [1.82, 2.24) is 24.4 Å². The SMILES string of the molecule is CC(C)n1cc(Nc2nn3c(=O)ccnc3s2)cn1. The van der Waals surface area contributed by atoms with E-state index in [1.165, 1.54) is 28.1 Å². The molecule has 98 valence electrons. The van der Waals surface area contributed by atoms with E-state index in [9.17, 15) is 4.79 Å². The molecular weight excluding hydrogens is 264 g/mol. The van der Waals surface area contributed by atoms with E-state index in [2.05, 4.69) is 34.3 Å². The molecule has 19 heavy (non-hydrogen) atoms. The van der Waals surface area contributed by atoms with Crippen molar-refractivity contribution in [2.75, 3.05) is 5.32 Å². The van der Waals surface area contributed by atoms with Crippen molar-refractivity contribution in [2.45, 2.75) is 19.9 Å². The maximum Gasteiger partial charge on any atom is 0.275 e. The lowest BCUT2D eigenvalue weighted by Gasteiger charge is -2.02. The molecule has 0 aromatic carbocycles. The molecule has 0 bridgehead atoms. The highest BCUT2D eigenvalue weighted by Crippen LogP contribution is 2.21. The summed E-state index contributed by atoms with van der Waals surface area (Å²) < 4.78 is 3.12. The molecule has 3 rings (SSSR count).